The summed E-state index contributed by atoms with van der Waals surface area (Å²) < 4.78 is 14.1. The molecule has 0 saturated heterocycles. The molecule has 0 spiro atoms. The molecule has 0 amide bonds. The van der Waals surface area contributed by atoms with Gasteiger partial charge in [-0.05, 0) is 24.6 Å². The Morgan fingerprint density at radius 3 is 2.86 bits per heavy atom. The van der Waals surface area contributed by atoms with Gasteiger partial charge in [0.2, 0.25) is 0 Å². The Labute approximate surface area is 129 Å². The molecule has 21 heavy (non-hydrogen) atoms. The SMILES string of the molecule is CC(C)CNCc1c(F)cccc1N(C)Cc1cscn1. The van der Waals surface area contributed by atoms with E-state index in [1.54, 1.807) is 17.4 Å². The largest absolute Gasteiger partial charge is 0.368 e. The Balaban J connectivity index is 2.12. The Hall–Kier alpha value is -1.46. The van der Waals surface area contributed by atoms with Gasteiger partial charge in [0.05, 0.1) is 17.7 Å². The van der Waals surface area contributed by atoms with Crippen molar-refractivity contribution in [2.45, 2.75) is 26.9 Å². The van der Waals surface area contributed by atoms with E-state index < -0.39 is 0 Å². The Morgan fingerprint density at radius 2 is 2.19 bits per heavy atom. The van der Waals surface area contributed by atoms with Crippen LogP contribution in [0, 0.1) is 11.7 Å². The van der Waals surface area contributed by atoms with E-state index in [2.05, 4.69) is 24.1 Å². The van der Waals surface area contributed by atoms with E-state index in [4.69, 9.17) is 0 Å². The lowest BCUT2D eigenvalue weighted by Crippen LogP contribution is -2.23. The van der Waals surface area contributed by atoms with Gasteiger partial charge in [0.15, 0.2) is 0 Å². The lowest BCUT2D eigenvalue weighted by atomic mass is 10.1. The molecule has 2 aromatic rings. The summed E-state index contributed by atoms with van der Waals surface area (Å²) in [6.45, 7) is 6.39. The van der Waals surface area contributed by atoms with E-state index in [9.17, 15) is 4.39 Å². The van der Waals surface area contributed by atoms with Crippen LogP contribution in [0.15, 0.2) is 29.1 Å². The van der Waals surface area contributed by atoms with Crippen LogP contribution in [-0.2, 0) is 13.1 Å². The zero-order valence-electron chi connectivity index (χ0n) is 12.8. The molecule has 0 aliphatic heterocycles. The molecule has 5 heteroatoms. The van der Waals surface area contributed by atoms with Gasteiger partial charge in [-0.1, -0.05) is 19.9 Å². The first-order chi connectivity index (χ1) is 10.1. The molecule has 3 nitrogen and oxygen atoms in total. The van der Waals surface area contributed by atoms with E-state index >= 15 is 0 Å². The highest BCUT2D eigenvalue weighted by Gasteiger charge is 2.13. The molecule has 1 N–H and O–H groups in total. The van der Waals surface area contributed by atoms with Gasteiger partial charge in [0.1, 0.15) is 5.82 Å². The number of nitrogens with zero attached hydrogens (tertiary/aromatic N) is 2. The van der Waals surface area contributed by atoms with Crippen LogP contribution in [0.25, 0.3) is 0 Å². The molecule has 2 rings (SSSR count). The van der Waals surface area contributed by atoms with Crippen LogP contribution in [-0.4, -0.2) is 18.6 Å². The zero-order valence-corrected chi connectivity index (χ0v) is 13.6. The van der Waals surface area contributed by atoms with Crippen molar-refractivity contribution in [3.05, 3.63) is 46.2 Å². The van der Waals surface area contributed by atoms with Crippen molar-refractivity contribution in [3.8, 4) is 0 Å². The number of benzene rings is 1. The van der Waals surface area contributed by atoms with Gasteiger partial charge in [-0.15, -0.1) is 11.3 Å². The summed E-state index contributed by atoms with van der Waals surface area (Å²) in [5, 5.41) is 5.34. The highest BCUT2D eigenvalue weighted by Crippen LogP contribution is 2.23. The summed E-state index contributed by atoms with van der Waals surface area (Å²) in [5.41, 5.74) is 4.46. The lowest BCUT2D eigenvalue weighted by molar-refractivity contribution is 0.534. The first kappa shape index (κ1) is 15.9. The van der Waals surface area contributed by atoms with Crippen molar-refractivity contribution < 1.29 is 4.39 Å². The number of halogens is 1. The summed E-state index contributed by atoms with van der Waals surface area (Å²) in [4.78, 5) is 6.33. The van der Waals surface area contributed by atoms with Crippen LogP contribution < -0.4 is 10.2 Å². The maximum Gasteiger partial charge on any atom is 0.129 e. The summed E-state index contributed by atoms with van der Waals surface area (Å²) in [5.74, 6) is 0.391. The van der Waals surface area contributed by atoms with Crippen LogP contribution in [0.4, 0.5) is 10.1 Å². The van der Waals surface area contributed by atoms with Crippen LogP contribution >= 0.6 is 11.3 Å². The Bertz CT molecular complexity index is 555. The highest BCUT2D eigenvalue weighted by molar-refractivity contribution is 7.07. The average Bonchev–Trinajstić information content (AvgIpc) is 2.93. The summed E-state index contributed by atoms with van der Waals surface area (Å²) in [6.07, 6.45) is 0. The van der Waals surface area contributed by atoms with Crippen molar-refractivity contribution in [3.63, 3.8) is 0 Å². The van der Waals surface area contributed by atoms with Gasteiger partial charge in [0, 0.05) is 30.2 Å². The molecule has 0 fully saturated rings. The second-order valence-electron chi connectivity index (χ2n) is 5.60. The predicted molar refractivity (Wildman–Crippen MR) is 87.2 cm³/mol. The van der Waals surface area contributed by atoms with Crippen molar-refractivity contribution in [1.82, 2.24) is 10.3 Å². The topological polar surface area (TPSA) is 28.2 Å². The molecule has 0 aliphatic carbocycles. The lowest BCUT2D eigenvalue weighted by Gasteiger charge is -2.22. The number of hydrogen-bond donors (Lipinski definition) is 1. The van der Waals surface area contributed by atoms with Crippen molar-refractivity contribution in [2.24, 2.45) is 5.92 Å². The van der Waals surface area contributed by atoms with Crippen LogP contribution in [0.3, 0.4) is 0 Å². The smallest absolute Gasteiger partial charge is 0.129 e. The molecule has 1 heterocycles. The van der Waals surface area contributed by atoms with E-state index in [1.165, 1.54) is 6.07 Å². The van der Waals surface area contributed by atoms with Crippen LogP contribution in [0.2, 0.25) is 0 Å². The zero-order chi connectivity index (χ0) is 15.2. The Morgan fingerprint density at radius 1 is 1.38 bits per heavy atom. The summed E-state index contributed by atoms with van der Waals surface area (Å²) in [7, 11) is 1.97. The number of aromatic nitrogens is 1. The van der Waals surface area contributed by atoms with Crippen molar-refractivity contribution in [1.29, 1.82) is 0 Å². The van der Waals surface area contributed by atoms with Gasteiger partial charge in [-0.3, -0.25) is 0 Å². The molecule has 1 aromatic heterocycles. The predicted octanol–water partition coefficient (Wildman–Crippen LogP) is 3.66. The molecule has 0 saturated carbocycles. The van der Waals surface area contributed by atoms with Crippen LogP contribution in [0.1, 0.15) is 25.1 Å². The maximum atomic E-state index is 14.1. The number of thiazole rings is 1. The van der Waals surface area contributed by atoms with Gasteiger partial charge in [-0.25, -0.2) is 9.37 Å². The third-order valence-corrected chi connectivity index (χ3v) is 3.88. The molecule has 0 unspecified atom stereocenters. The Kier molecular flexibility index (Phi) is 5.70. The quantitative estimate of drug-likeness (QED) is 0.846. The monoisotopic (exact) mass is 307 g/mol. The number of anilines is 1. The van der Waals surface area contributed by atoms with Crippen molar-refractivity contribution >= 4 is 17.0 Å². The fraction of sp³-hybridized carbons (Fsp3) is 0.438. The molecule has 0 radical (unpaired) electrons. The molecule has 114 valence electrons. The summed E-state index contributed by atoms with van der Waals surface area (Å²) in [6, 6.07) is 5.24. The molecule has 0 aliphatic rings. The third kappa shape index (κ3) is 4.51. The van der Waals surface area contributed by atoms with Gasteiger partial charge in [0.25, 0.3) is 0 Å². The highest BCUT2D eigenvalue weighted by atomic mass is 32.1. The first-order valence-electron chi connectivity index (χ1n) is 7.14. The molecule has 0 atom stereocenters. The fourth-order valence-electron chi connectivity index (χ4n) is 2.21. The normalized spacial score (nSPS) is 11.1. The minimum absolute atomic E-state index is 0.158. The second-order valence-corrected chi connectivity index (χ2v) is 6.32. The molecular formula is C16H22FN3S. The standard InChI is InChI=1S/C16H22FN3S/c1-12(2)7-18-8-14-15(17)5-4-6-16(14)20(3)9-13-10-21-11-19-13/h4-6,10-12,18H,7-9H2,1-3H3. The fourth-order valence-corrected chi connectivity index (χ4v) is 2.76. The minimum atomic E-state index is -0.158. The van der Waals surface area contributed by atoms with E-state index in [1.807, 2.05) is 28.9 Å². The first-order valence-corrected chi connectivity index (χ1v) is 8.08. The molecule has 1 aromatic carbocycles. The van der Waals surface area contributed by atoms with Gasteiger partial charge in [-0.2, -0.15) is 0 Å². The van der Waals surface area contributed by atoms with Crippen molar-refractivity contribution in [2.75, 3.05) is 18.5 Å². The van der Waals surface area contributed by atoms with Gasteiger partial charge >= 0.3 is 0 Å². The third-order valence-electron chi connectivity index (χ3n) is 3.24. The minimum Gasteiger partial charge on any atom is -0.368 e. The summed E-state index contributed by atoms with van der Waals surface area (Å²) >= 11 is 1.58. The van der Waals surface area contributed by atoms with E-state index in [0.717, 1.165) is 23.5 Å². The molecule has 0 bridgehead atoms. The number of nitrogens with one attached hydrogen (secondary N) is 1. The van der Waals surface area contributed by atoms with E-state index in [-0.39, 0.29) is 5.82 Å². The van der Waals surface area contributed by atoms with Crippen LogP contribution in [0.5, 0.6) is 0 Å². The molecular weight excluding hydrogens is 285 g/mol. The number of rotatable bonds is 7. The van der Waals surface area contributed by atoms with E-state index in [0.29, 0.717) is 19.0 Å². The maximum absolute atomic E-state index is 14.1. The van der Waals surface area contributed by atoms with Gasteiger partial charge < -0.3 is 10.2 Å². The second kappa shape index (κ2) is 7.52. The average molecular weight is 307 g/mol. The number of hydrogen-bond acceptors (Lipinski definition) is 4.